The van der Waals surface area contributed by atoms with Gasteiger partial charge in [0, 0.05) is 0 Å². The van der Waals surface area contributed by atoms with Crippen molar-refractivity contribution in [3.05, 3.63) is 48.5 Å². The Hall–Kier alpha value is -2.97. The van der Waals surface area contributed by atoms with Crippen LogP contribution >= 0.6 is 0 Å². The Morgan fingerprint density at radius 2 is 0.939 bits per heavy atom. The molecule has 0 aromatic heterocycles. The molecule has 49 heavy (non-hydrogen) atoms. The zero-order valence-electron chi connectivity index (χ0n) is 30.3. The minimum atomic E-state index is -1.03. The molecule has 0 bridgehead atoms. The van der Waals surface area contributed by atoms with Gasteiger partial charge >= 0.3 is 5.97 Å². The fraction of sp³-hybridized carbons (Fsp3) is 0.683. The second-order valence-corrected chi connectivity index (χ2v) is 13.4. The van der Waals surface area contributed by atoms with E-state index in [1.807, 2.05) is 48.5 Å². The SMILES string of the molecule is CCCCCCCCCCCCCCCCCCCCC1(OCC(=O)O)COc2ccccc2OCCOCCOc2ccccc2OC1. The fourth-order valence-electron chi connectivity index (χ4n) is 6.22. The number of ether oxygens (including phenoxy) is 6. The van der Waals surface area contributed by atoms with E-state index < -0.39 is 18.2 Å². The van der Waals surface area contributed by atoms with E-state index >= 15 is 0 Å². The van der Waals surface area contributed by atoms with Crippen molar-refractivity contribution in [1.29, 1.82) is 0 Å². The van der Waals surface area contributed by atoms with Gasteiger partial charge in [0.15, 0.2) is 23.0 Å². The summed E-state index contributed by atoms with van der Waals surface area (Å²) in [5.41, 5.74) is -0.992. The molecule has 0 amide bonds. The van der Waals surface area contributed by atoms with Crippen molar-refractivity contribution in [2.24, 2.45) is 0 Å². The lowest BCUT2D eigenvalue weighted by atomic mass is 9.96. The lowest BCUT2D eigenvalue weighted by Gasteiger charge is -2.33. The summed E-state index contributed by atoms with van der Waals surface area (Å²) < 4.78 is 36.4. The van der Waals surface area contributed by atoms with E-state index in [0.717, 1.165) is 19.3 Å². The lowest BCUT2D eigenvalue weighted by Crippen LogP contribution is -2.46. The van der Waals surface area contributed by atoms with Crippen LogP contribution in [-0.4, -0.2) is 62.9 Å². The summed E-state index contributed by atoms with van der Waals surface area (Å²) in [6.45, 7) is 3.58. The molecule has 0 saturated heterocycles. The van der Waals surface area contributed by atoms with Gasteiger partial charge in [-0.15, -0.1) is 0 Å². The zero-order chi connectivity index (χ0) is 34.7. The maximum Gasteiger partial charge on any atom is 0.329 e. The standard InChI is InChI=1S/C41H64O8/c1-2-3-4-5-6-7-8-9-10-11-12-13-14-15-16-17-18-23-28-41(49-33-40(42)43)34-47-38-26-21-19-24-36(38)45-31-29-44-30-32-46-37-25-20-22-27-39(37)48-35-41/h19-22,24-27H,2-18,23,28-35H2,1H3,(H,42,43). The molecule has 8 heteroatoms. The van der Waals surface area contributed by atoms with E-state index in [-0.39, 0.29) is 13.2 Å². The summed E-state index contributed by atoms with van der Waals surface area (Å²) in [5.74, 6) is 1.30. The highest BCUT2D eigenvalue weighted by Gasteiger charge is 2.35. The minimum absolute atomic E-state index is 0.110. The van der Waals surface area contributed by atoms with Crippen molar-refractivity contribution in [3.63, 3.8) is 0 Å². The predicted octanol–water partition coefficient (Wildman–Crippen LogP) is 10.2. The molecule has 0 atom stereocenters. The molecule has 0 aliphatic carbocycles. The first-order valence-electron chi connectivity index (χ1n) is 19.2. The van der Waals surface area contributed by atoms with Gasteiger partial charge in [-0.2, -0.15) is 0 Å². The average molecular weight is 685 g/mol. The van der Waals surface area contributed by atoms with Gasteiger partial charge in [-0.25, -0.2) is 4.79 Å². The fourth-order valence-corrected chi connectivity index (χ4v) is 6.22. The molecular formula is C41H64O8. The second-order valence-electron chi connectivity index (χ2n) is 13.4. The van der Waals surface area contributed by atoms with Gasteiger partial charge in [0.05, 0.1) is 13.2 Å². The van der Waals surface area contributed by atoms with E-state index in [4.69, 9.17) is 28.4 Å². The number of carbonyl (C=O) groups is 1. The van der Waals surface area contributed by atoms with E-state index in [2.05, 4.69) is 6.92 Å². The number of hydrogen-bond donors (Lipinski definition) is 1. The zero-order valence-corrected chi connectivity index (χ0v) is 30.3. The maximum absolute atomic E-state index is 11.7. The first-order chi connectivity index (χ1) is 24.1. The lowest BCUT2D eigenvalue weighted by molar-refractivity contribution is -0.156. The number of benzene rings is 2. The molecule has 2 aromatic carbocycles. The normalized spacial score (nSPS) is 15.1. The van der Waals surface area contributed by atoms with Crippen molar-refractivity contribution in [1.82, 2.24) is 0 Å². The maximum atomic E-state index is 11.7. The van der Waals surface area contributed by atoms with Crippen LogP contribution in [-0.2, 0) is 14.3 Å². The first kappa shape index (κ1) is 40.5. The number of unbranched alkanes of at least 4 members (excludes halogenated alkanes) is 17. The minimum Gasteiger partial charge on any atom is -0.487 e. The van der Waals surface area contributed by atoms with Gasteiger partial charge in [0.1, 0.15) is 38.6 Å². The molecule has 1 N–H and O–H groups in total. The molecule has 3 rings (SSSR count). The molecule has 1 aliphatic heterocycles. The summed E-state index contributed by atoms with van der Waals surface area (Å²) in [6.07, 6.45) is 24.1. The predicted molar refractivity (Wildman–Crippen MR) is 195 cm³/mol. The molecule has 1 aliphatic rings. The largest absolute Gasteiger partial charge is 0.487 e. The summed E-state index contributed by atoms with van der Waals surface area (Å²) in [7, 11) is 0. The molecule has 276 valence electrons. The van der Waals surface area contributed by atoms with E-state index in [0.29, 0.717) is 55.8 Å². The van der Waals surface area contributed by atoms with Gasteiger partial charge in [-0.05, 0) is 30.7 Å². The number of carboxylic acid groups (broad SMARTS) is 1. The topological polar surface area (TPSA) is 92.7 Å². The van der Waals surface area contributed by atoms with Crippen LogP contribution in [0.15, 0.2) is 48.5 Å². The van der Waals surface area contributed by atoms with Gasteiger partial charge in [0.25, 0.3) is 0 Å². The average Bonchev–Trinajstić information content (AvgIpc) is 3.11. The number of carboxylic acids is 1. The number of aliphatic carboxylic acids is 1. The Labute approximate surface area is 296 Å². The van der Waals surface area contributed by atoms with Crippen LogP contribution in [0.4, 0.5) is 0 Å². The molecular weight excluding hydrogens is 620 g/mol. The Bertz CT molecular complexity index is 1070. The second kappa shape index (κ2) is 25.9. The molecule has 1 heterocycles. The number of hydrogen-bond acceptors (Lipinski definition) is 7. The van der Waals surface area contributed by atoms with Crippen LogP contribution in [0, 0.1) is 0 Å². The van der Waals surface area contributed by atoms with Gasteiger partial charge in [0.2, 0.25) is 0 Å². The Balaban J connectivity index is 1.47. The van der Waals surface area contributed by atoms with Gasteiger partial charge in [-0.3, -0.25) is 0 Å². The molecule has 0 fully saturated rings. The summed E-state index contributed by atoms with van der Waals surface area (Å²) in [5, 5.41) is 9.58. The molecule has 0 unspecified atom stereocenters. The van der Waals surface area contributed by atoms with E-state index in [1.165, 1.54) is 96.3 Å². The Morgan fingerprint density at radius 1 is 0.571 bits per heavy atom. The van der Waals surface area contributed by atoms with Crippen molar-refractivity contribution in [2.75, 3.05) is 46.2 Å². The smallest absolute Gasteiger partial charge is 0.329 e. The number of para-hydroxylation sites is 4. The quantitative estimate of drug-likeness (QED) is 0.123. The summed E-state index contributed by atoms with van der Waals surface area (Å²) in [6, 6.07) is 15.0. The monoisotopic (exact) mass is 684 g/mol. The highest BCUT2D eigenvalue weighted by molar-refractivity contribution is 5.68. The van der Waals surface area contributed by atoms with Crippen LogP contribution in [0.25, 0.3) is 0 Å². The third kappa shape index (κ3) is 18.0. The van der Waals surface area contributed by atoms with Gasteiger partial charge < -0.3 is 33.5 Å². The van der Waals surface area contributed by atoms with Gasteiger partial charge in [-0.1, -0.05) is 147 Å². The van der Waals surface area contributed by atoms with Crippen LogP contribution in [0.1, 0.15) is 129 Å². The molecule has 0 spiro atoms. The summed E-state index contributed by atoms with van der Waals surface area (Å²) >= 11 is 0. The number of fused-ring (bicyclic) bond motifs is 2. The third-order valence-electron chi connectivity index (χ3n) is 9.14. The third-order valence-corrected chi connectivity index (χ3v) is 9.14. The van der Waals surface area contributed by atoms with Crippen molar-refractivity contribution in [3.8, 4) is 23.0 Å². The Morgan fingerprint density at radius 3 is 1.33 bits per heavy atom. The highest BCUT2D eigenvalue weighted by Crippen LogP contribution is 2.32. The van der Waals surface area contributed by atoms with Crippen molar-refractivity contribution >= 4 is 5.97 Å². The highest BCUT2D eigenvalue weighted by atomic mass is 16.6. The van der Waals surface area contributed by atoms with E-state index in [9.17, 15) is 9.90 Å². The summed E-state index contributed by atoms with van der Waals surface area (Å²) in [4.78, 5) is 11.7. The van der Waals surface area contributed by atoms with E-state index in [1.54, 1.807) is 0 Å². The van der Waals surface area contributed by atoms with Crippen molar-refractivity contribution < 1.29 is 38.3 Å². The molecule has 8 nitrogen and oxygen atoms in total. The molecule has 0 saturated carbocycles. The van der Waals surface area contributed by atoms with Crippen LogP contribution in [0.2, 0.25) is 0 Å². The first-order valence-corrected chi connectivity index (χ1v) is 19.2. The molecule has 0 radical (unpaired) electrons. The van der Waals surface area contributed by atoms with Crippen LogP contribution in [0.5, 0.6) is 23.0 Å². The molecule has 2 aromatic rings. The van der Waals surface area contributed by atoms with Crippen LogP contribution in [0.3, 0.4) is 0 Å². The van der Waals surface area contributed by atoms with Crippen molar-refractivity contribution in [2.45, 2.75) is 135 Å². The Kier molecular flexibility index (Phi) is 21.4. The van der Waals surface area contributed by atoms with Crippen LogP contribution < -0.4 is 18.9 Å². The number of rotatable bonds is 22.